The van der Waals surface area contributed by atoms with Gasteiger partial charge < -0.3 is 10.6 Å². The molecule has 0 atom stereocenters. The van der Waals surface area contributed by atoms with Crippen LogP contribution in [-0.2, 0) is 6.42 Å². The number of nitrogens with zero attached hydrogens (tertiary/aromatic N) is 2. The second-order valence-corrected chi connectivity index (χ2v) is 7.00. The number of aryl methyl sites for hydroxylation is 1. The molecule has 28 heavy (non-hydrogen) atoms. The number of rotatable bonds is 8. The first kappa shape index (κ1) is 19.5. The van der Waals surface area contributed by atoms with Gasteiger partial charge in [0, 0.05) is 12.2 Å². The van der Waals surface area contributed by atoms with Crippen LogP contribution in [-0.4, -0.2) is 22.4 Å². The van der Waals surface area contributed by atoms with Crippen LogP contribution in [0.25, 0.3) is 0 Å². The highest BCUT2D eigenvalue weighted by Crippen LogP contribution is 2.25. The maximum atomic E-state index is 12.2. The van der Waals surface area contributed by atoms with Crippen LogP contribution in [0.5, 0.6) is 0 Å². The molecule has 0 radical (unpaired) electrons. The minimum Gasteiger partial charge on any atom is -0.351 e. The lowest BCUT2D eigenvalue weighted by Crippen LogP contribution is -2.25. The molecular weight excluding hydrogens is 348 g/mol. The van der Waals surface area contributed by atoms with Crippen molar-refractivity contribution in [3.05, 3.63) is 83.8 Å². The summed E-state index contributed by atoms with van der Waals surface area (Å²) in [4.78, 5) is 20.8. The monoisotopic (exact) mass is 374 g/mol. The Bertz CT molecular complexity index is 892. The molecule has 0 spiro atoms. The van der Waals surface area contributed by atoms with Crippen LogP contribution in [0, 0.1) is 0 Å². The number of aromatic nitrogens is 2. The van der Waals surface area contributed by atoms with E-state index < -0.39 is 0 Å². The molecule has 2 aromatic carbocycles. The van der Waals surface area contributed by atoms with Gasteiger partial charge in [-0.1, -0.05) is 62.4 Å². The summed E-state index contributed by atoms with van der Waals surface area (Å²) in [5.41, 5.74) is 3.81. The van der Waals surface area contributed by atoms with E-state index in [1.54, 1.807) is 6.20 Å². The van der Waals surface area contributed by atoms with Crippen molar-refractivity contribution in [1.29, 1.82) is 0 Å². The van der Waals surface area contributed by atoms with Gasteiger partial charge in [-0.15, -0.1) is 0 Å². The Kier molecular flexibility index (Phi) is 6.73. The van der Waals surface area contributed by atoms with E-state index in [0.29, 0.717) is 24.0 Å². The Morgan fingerprint density at radius 1 is 0.964 bits per heavy atom. The molecule has 5 nitrogen and oxygen atoms in total. The molecule has 0 bridgehead atoms. The normalized spacial score (nSPS) is 10.7. The van der Waals surface area contributed by atoms with Crippen LogP contribution in [0.3, 0.4) is 0 Å². The van der Waals surface area contributed by atoms with Crippen LogP contribution in [0.2, 0.25) is 0 Å². The highest BCUT2D eigenvalue weighted by atomic mass is 16.1. The average Bonchev–Trinajstić information content (AvgIpc) is 2.72. The van der Waals surface area contributed by atoms with Crippen LogP contribution in [0.1, 0.15) is 47.8 Å². The lowest BCUT2D eigenvalue weighted by molar-refractivity contribution is 0.0948. The minimum atomic E-state index is -0.199. The first-order valence-corrected chi connectivity index (χ1v) is 9.63. The molecule has 1 aromatic heterocycles. The largest absolute Gasteiger partial charge is 0.351 e. The molecule has 0 unspecified atom stereocenters. The van der Waals surface area contributed by atoms with E-state index in [2.05, 4.69) is 52.6 Å². The second kappa shape index (κ2) is 9.65. The number of anilines is 2. The van der Waals surface area contributed by atoms with Crippen molar-refractivity contribution < 1.29 is 4.79 Å². The molecule has 0 saturated carbocycles. The molecule has 0 saturated heterocycles. The van der Waals surface area contributed by atoms with Gasteiger partial charge in [0.2, 0.25) is 0 Å². The van der Waals surface area contributed by atoms with E-state index in [0.717, 1.165) is 18.5 Å². The molecule has 3 rings (SSSR count). The summed E-state index contributed by atoms with van der Waals surface area (Å²) in [6.07, 6.45) is 4.92. The van der Waals surface area contributed by atoms with Crippen LogP contribution in [0.4, 0.5) is 11.5 Å². The summed E-state index contributed by atoms with van der Waals surface area (Å²) in [5.74, 6) is 0.820. The molecule has 5 heteroatoms. The van der Waals surface area contributed by atoms with Crippen molar-refractivity contribution in [3.8, 4) is 0 Å². The van der Waals surface area contributed by atoms with Crippen molar-refractivity contribution in [1.82, 2.24) is 15.3 Å². The fourth-order valence-corrected chi connectivity index (χ4v) is 2.99. The third-order valence-electron chi connectivity index (χ3n) is 4.50. The van der Waals surface area contributed by atoms with Gasteiger partial charge in [-0.2, -0.15) is 0 Å². The summed E-state index contributed by atoms with van der Waals surface area (Å²) in [7, 11) is 0. The average molecular weight is 374 g/mol. The zero-order chi connectivity index (χ0) is 19.8. The van der Waals surface area contributed by atoms with E-state index in [-0.39, 0.29) is 5.91 Å². The topological polar surface area (TPSA) is 66.9 Å². The van der Waals surface area contributed by atoms with Gasteiger partial charge in [0.25, 0.3) is 5.91 Å². The first-order valence-electron chi connectivity index (χ1n) is 9.63. The third kappa shape index (κ3) is 5.39. The fraction of sp³-hybridized carbons (Fsp3) is 0.261. The van der Waals surface area contributed by atoms with Crippen molar-refractivity contribution in [3.63, 3.8) is 0 Å². The van der Waals surface area contributed by atoms with Crippen LogP contribution in [0.15, 0.2) is 67.0 Å². The SMILES string of the molecule is CC(C)c1ccccc1Nc1cnc(C(=O)NCCCc2ccccc2)cn1. The number of nitrogens with one attached hydrogen (secondary N) is 2. The predicted octanol–water partition coefficient (Wildman–Crippen LogP) is 4.71. The lowest BCUT2D eigenvalue weighted by atomic mass is 10.0. The maximum absolute atomic E-state index is 12.2. The molecule has 0 aliphatic rings. The molecule has 0 aliphatic carbocycles. The summed E-state index contributed by atoms with van der Waals surface area (Å²) in [6, 6.07) is 18.4. The molecule has 0 fully saturated rings. The molecule has 3 aromatic rings. The van der Waals surface area contributed by atoms with Crippen molar-refractivity contribution in [2.24, 2.45) is 0 Å². The van der Waals surface area contributed by atoms with E-state index in [9.17, 15) is 4.79 Å². The van der Waals surface area contributed by atoms with E-state index >= 15 is 0 Å². The zero-order valence-corrected chi connectivity index (χ0v) is 16.4. The Labute approximate surface area is 166 Å². The Morgan fingerprint density at radius 2 is 1.71 bits per heavy atom. The van der Waals surface area contributed by atoms with E-state index in [1.807, 2.05) is 36.4 Å². The first-order chi connectivity index (χ1) is 13.6. The van der Waals surface area contributed by atoms with E-state index in [4.69, 9.17) is 0 Å². The third-order valence-corrected chi connectivity index (χ3v) is 4.50. The molecule has 1 heterocycles. The molecular formula is C23H26N4O. The Balaban J connectivity index is 1.52. The smallest absolute Gasteiger partial charge is 0.271 e. The molecule has 2 N–H and O–H groups in total. The summed E-state index contributed by atoms with van der Waals surface area (Å²) in [6.45, 7) is 4.91. The minimum absolute atomic E-state index is 0.199. The van der Waals surface area contributed by atoms with Gasteiger partial charge in [0.1, 0.15) is 11.5 Å². The fourth-order valence-electron chi connectivity index (χ4n) is 2.99. The maximum Gasteiger partial charge on any atom is 0.271 e. The van der Waals surface area contributed by atoms with E-state index in [1.165, 1.54) is 17.3 Å². The van der Waals surface area contributed by atoms with Gasteiger partial charge in [-0.05, 0) is 36.0 Å². The summed E-state index contributed by atoms with van der Waals surface area (Å²) >= 11 is 0. The molecule has 1 amide bonds. The number of benzene rings is 2. The van der Waals surface area contributed by atoms with Crippen molar-refractivity contribution >= 4 is 17.4 Å². The predicted molar refractivity (Wildman–Crippen MR) is 113 cm³/mol. The molecule has 144 valence electrons. The second-order valence-electron chi connectivity index (χ2n) is 7.00. The number of amides is 1. The van der Waals surface area contributed by atoms with Crippen molar-refractivity contribution in [2.75, 3.05) is 11.9 Å². The summed E-state index contributed by atoms with van der Waals surface area (Å²) in [5, 5.41) is 6.19. The Hall–Kier alpha value is -3.21. The molecule has 0 aliphatic heterocycles. The van der Waals surface area contributed by atoms with Gasteiger partial charge in [-0.25, -0.2) is 9.97 Å². The summed E-state index contributed by atoms with van der Waals surface area (Å²) < 4.78 is 0. The van der Waals surface area contributed by atoms with Crippen LogP contribution < -0.4 is 10.6 Å². The highest BCUT2D eigenvalue weighted by Gasteiger charge is 2.09. The van der Waals surface area contributed by atoms with Gasteiger partial charge in [0.15, 0.2) is 0 Å². The van der Waals surface area contributed by atoms with Gasteiger partial charge in [-0.3, -0.25) is 4.79 Å². The number of carbonyl (C=O) groups is 1. The number of hydrogen-bond donors (Lipinski definition) is 2. The quantitative estimate of drug-likeness (QED) is 0.561. The zero-order valence-electron chi connectivity index (χ0n) is 16.4. The number of hydrogen-bond acceptors (Lipinski definition) is 4. The standard InChI is InChI=1S/C23H26N4O/c1-17(2)19-12-6-7-13-20(19)27-22-16-25-21(15-26-22)23(28)24-14-8-11-18-9-4-3-5-10-18/h3-7,9-10,12-13,15-17H,8,11,14H2,1-2H3,(H,24,28)(H,26,27). The lowest BCUT2D eigenvalue weighted by Gasteiger charge is -2.13. The number of para-hydroxylation sites is 1. The van der Waals surface area contributed by atoms with Crippen molar-refractivity contribution in [2.45, 2.75) is 32.6 Å². The van der Waals surface area contributed by atoms with Crippen LogP contribution >= 0.6 is 0 Å². The Morgan fingerprint density at radius 3 is 2.43 bits per heavy atom. The highest BCUT2D eigenvalue weighted by molar-refractivity contribution is 5.92. The number of carbonyl (C=O) groups excluding carboxylic acids is 1. The van der Waals surface area contributed by atoms with Gasteiger partial charge >= 0.3 is 0 Å². The van der Waals surface area contributed by atoms with Gasteiger partial charge in [0.05, 0.1) is 12.4 Å².